The molecule has 0 radical (unpaired) electrons. The number of hydrogen-bond acceptors (Lipinski definition) is 0. The van der Waals surface area contributed by atoms with Gasteiger partial charge in [0.2, 0.25) is 0 Å². The van der Waals surface area contributed by atoms with E-state index in [1.54, 1.807) is 0 Å². The Kier molecular flexibility index (Phi) is 21.6. The van der Waals surface area contributed by atoms with E-state index in [9.17, 15) is 0 Å². The minimum atomic E-state index is 0.162. The van der Waals surface area contributed by atoms with Crippen LogP contribution < -0.4 is 0 Å². The minimum absolute atomic E-state index is 0.162. The van der Waals surface area contributed by atoms with Gasteiger partial charge in [0, 0.05) is 27.7 Å². The third-order valence-electron chi connectivity index (χ3n) is 8.85. The van der Waals surface area contributed by atoms with Gasteiger partial charge in [0.1, 0.15) is 11.8 Å². The maximum Gasteiger partial charge on any atom is 0.138 e. The minimum Gasteiger partial charge on any atom is -0.343 e. The summed E-state index contributed by atoms with van der Waals surface area (Å²) in [7, 11) is 0. The first-order chi connectivity index (χ1) is 17.5. The highest BCUT2D eigenvalue weighted by Crippen LogP contribution is 2.37. The average molecular weight is 524 g/mol. The third kappa shape index (κ3) is 16.3. The van der Waals surface area contributed by atoms with E-state index < -0.39 is 0 Å². The highest BCUT2D eigenvalue weighted by molar-refractivity contribution is 4.89. The molecule has 9 atom stereocenters. The topological polar surface area (TPSA) is 0 Å². The zero-order valence-electron chi connectivity index (χ0n) is 26.4. The van der Waals surface area contributed by atoms with Crippen LogP contribution in [0, 0.1) is 167 Å². The van der Waals surface area contributed by atoms with Crippen LogP contribution in [0.25, 0.3) is 0 Å². The van der Waals surface area contributed by atoms with E-state index >= 15 is 0 Å². The smallest absolute Gasteiger partial charge is 0.138 e. The molecule has 0 aliphatic heterocycles. The Morgan fingerprint density at radius 3 is 1.39 bits per heavy atom. The van der Waals surface area contributed by atoms with Gasteiger partial charge < -0.3 is 13.8 Å². The Hall–Kier alpha value is -0.910. The molecule has 0 aromatic carbocycles. The largest absolute Gasteiger partial charge is 0.343 e. The molecule has 0 saturated heterocycles. The molecule has 0 bridgehead atoms. The normalized spacial score (nSPS) is 22.2. The monoisotopic (exact) mass is 524 g/mol. The van der Waals surface area contributed by atoms with E-state index in [4.69, 9.17) is 0 Å². The fraction of sp³-hybridized carbons (Fsp3) is 0.658. The molecule has 0 nitrogen and oxygen atoms in total. The fourth-order valence-corrected chi connectivity index (χ4v) is 5.65. The van der Waals surface area contributed by atoms with Crippen LogP contribution in [0.15, 0.2) is 0 Å². The lowest BCUT2D eigenvalue weighted by Gasteiger charge is -2.36. The molecule has 0 rings (SSSR count). The van der Waals surface area contributed by atoms with Crippen LogP contribution in [0.4, 0.5) is 0 Å². The van der Waals surface area contributed by atoms with E-state index in [1.807, 2.05) is 0 Å². The van der Waals surface area contributed by atoms with Crippen molar-refractivity contribution < 1.29 is 0 Å². The average Bonchev–Trinajstić information content (AvgIpc) is 2.82. The molecular weight excluding hydrogens is 456 g/mol. The van der Waals surface area contributed by atoms with Crippen molar-refractivity contribution in [1.82, 2.24) is 0 Å². The summed E-state index contributed by atoms with van der Waals surface area (Å²) in [5, 5.41) is 0. The van der Waals surface area contributed by atoms with Crippen LogP contribution in [0.3, 0.4) is 0 Å². The summed E-state index contributed by atoms with van der Waals surface area (Å²) < 4.78 is 0. The van der Waals surface area contributed by atoms with Crippen LogP contribution in [0.2, 0.25) is 0 Å². The third-order valence-corrected chi connectivity index (χ3v) is 8.85. The van der Waals surface area contributed by atoms with Gasteiger partial charge in [-0.05, 0) is 86.4 Å². The Balaban J connectivity index is 0. The van der Waals surface area contributed by atoms with E-state index in [-0.39, 0.29) is 23.7 Å². The lowest BCUT2D eigenvalue weighted by molar-refractivity contribution is 0.180. The lowest BCUT2D eigenvalue weighted by atomic mass is 9.69. The summed E-state index contributed by atoms with van der Waals surface area (Å²) in [5.74, 6) is 5.05. The van der Waals surface area contributed by atoms with Crippen molar-refractivity contribution in [2.45, 2.75) is 79.1 Å². The molecule has 9 unspecified atom stereocenters. The molecule has 0 aliphatic rings. The SMILES string of the molecule is [CH2+]C(CC([CH2-])CC)CC(C[CH2-])CC([CH2+])C([CH2+])C.[CH2+]C([CH2-])C(C)C(CCC(C([CH2+])[CH2-])C(CC)C([CH2+])[CH2-])C([CH2+])[CH2-]. The van der Waals surface area contributed by atoms with Gasteiger partial charge in [-0.15, -0.1) is 0 Å². The number of hydrogen-bond donors (Lipinski definition) is 0. The van der Waals surface area contributed by atoms with Crippen molar-refractivity contribution in [1.29, 1.82) is 0 Å². The van der Waals surface area contributed by atoms with Crippen molar-refractivity contribution in [2.24, 2.45) is 76.9 Å². The van der Waals surface area contributed by atoms with E-state index in [2.05, 4.69) is 118 Å². The first-order valence-electron chi connectivity index (χ1n) is 15.3. The van der Waals surface area contributed by atoms with Crippen molar-refractivity contribution in [3.63, 3.8) is 0 Å². The Morgan fingerprint density at radius 1 is 0.579 bits per heavy atom. The molecule has 0 amide bonds. The summed E-state index contributed by atoms with van der Waals surface area (Å²) >= 11 is 0. The van der Waals surface area contributed by atoms with Crippen molar-refractivity contribution in [3.05, 3.63) is 90.0 Å². The van der Waals surface area contributed by atoms with Gasteiger partial charge in [0.15, 0.2) is 0 Å². The predicted molar refractivity (Wildman–Crippen MR) is 175 cm³/mol. The highest BCUT2D eigenvalue weighted by atomic mass is 14.3. The lowest BCUT2D eigenvalue weighted by Crippen LogP contribution is -2.28. The van der Waals surface area contributed by atoms with E-state index in [1.165, 1.54) is 0 Å². The fourth-order valence-electron chi connectivity index (χ4n) is 5.65. The summed E-state index contributed by atoms with van der Waals surface area (Å²) in [5.41, 5.74) is 0. The van der Waals surface area contributed by atoms with Gasteiger partial charge in [-0.2, -0.15) is 12.3 Å². The molecule has 0 heteroatoms. The molecule has 38 heavy (non-hydrogen) atoms. The summed E-state index contributed by atoms with van der Waals surface area (Å²) in [6.45, 7) is 62.5. The van der Waals surface area contributed by atoms with E-state index in [0.717, 1.165) is 51.4 Å². The zero-order valence-corrected chi connectivity index (χ0v) is 26.4. The van der Waals surface area contributed by atoms with Gasteiger partial charge in [0.25, 0.3) is 0 Å². The molecule has 0 saturated carbocycles. The molecule has 0 fully saturated rings. The second-order valence-corrected chi connectivity index (χ2v) is 12.6. The molecule has 0 N–H and O–H groups in total. The predicted octanol–water partition coefficient (Wildman–Crippen LogP) is 11.0. The maximum absolute atomic E-state index is 4.26. The van der Waals surface area contributed by atoms with E-state index in [0.29, 0.717) is 53.3 Å². The molecule has 0 aromatic heterocycles. The first kappa shape index (κ1) is 39.2. The number of rotatable bonds is 19. The van der Waals surface area contributed by atoms with Gasteiger partial charge in [0.05, 0.1) is 26.7 Å². The molecule has 0 aromatic rings. The summed E-state index contributed by atoms with van der Waals surface area (Å²) in [4.78, 5) is 0. The van der Waals surface area contributed by atoms with Crippen LogP contribution in [-0.2, 0) is 0 Å². The standard InChI is InChI=1S/C21H36.C17H31/c1-11-19(15(4)5)21(17(8)9)13-12-20(16(6)7)18(10)14(2)3;1-8-14(5)10-15(6)11-17(9-2)12-16(7)13(3)4/h14-21H,2-9,11-13H2,1,10H3;13-17H,2-3,5-12H2,1,4H3/q;+1. The Bertz CT molecular complexity index is 512. The molecule has 0 spiro atoms. The van der Waals surface area contributed by atoms with Crippen LogP contribution >= 0.6 is 0 Å². The van der Waals surface area contributed by atoms with Gasteiger partial charge >= 0.3 is 0 Å². The quantitative estimate of drug-likeness (QED) is 0.148. The van der Waals surface area contributed by atoms with Gasteiger partial charge in [-0.3, -0.25) is 27.7 Å². The van der Waals surface area contributed by atoms with Crippen molar-refractivity contribution in [2.75, 3.05) is 0 Å². The van der Waals surface area contributed by atoms with Gasteiger partial charge in [-0.1, -0.05) is 39.5 Å². The Labute approximate surface area is 245 Å². The zero-order chi connectivity index (χ0) is 30.2. The Morgan fingerprint density at radius 2 is 1.05 bits per heavy atom. The van der Waals surface area contributed by atoms with Crippen molar-refractivity contribution in [3.8, 4) is 0 Å². The summed E-state index contributed by atoms with van der Waals surface area (Å²) in [6, 6.07) is 0. The first-order valence-corrected chi connectivity index (χ1v) is 15.3. The molecule has 0 heterocycles. The van der Waals surface area contributed by atoms with Crippen LogP contribution in [0.5, 0.6) is 0 Å². The summed E-state index contributed by atoms with van der Waals surface area (Å²) in [6.07, 6.45) is 8.80. The van der Waals surface area contributed by atoms with Gasteiger partial charge in [-0.25, -0.2) is 0 Å². The maximum atomic E-state index is 4.26. The molecular formula is C38H67+. The van der Waals surface area contributed by atoms with Crippen LogP contribution in [-0.4, -0.2) is 0 Å². The second-order valence-electron chi connectivity index (χ2n) is 12.6. The molecule has 218 valence electrons. The van der Waals surface area contributed by atoms with Crippen molar-refractivity contribution >= 4 is 0 Å². The molecule has 0 aliphatic carbocycles. The second kappa shape index (κ2) is 20.9. The highest BCUT2D eigenvalue weighted by Gasteiger charge is 2.30. The van der Waals surface area contributed by atoms with Crippen LogP contribution in [0.1, 0.15) is 79.1 Å².